The number of hydrogen-bond donors (Lipinski definition) is 2. The van der Waals surface area contributed by atoms with E-state index in [1.54, 1.807) is 42.5 Å². The second kappa shape index (κ2) is 6.32. The van der Waals surface area contributed by atoms with E-state index in [-0.39, 0.29) is 6.04 Å². The molecule has 114 valence electrons. The second-order valence-electron chi connectivity index (χ2n) is 5.43. The van der Waals surface area contributed by atoms with E-state index in [9.17, 15) is 9.59 Å². The maximum atomic E-state index is 12.1. The van der Waals surface area contributed by atoms with Crippen molar-refractivity contribution in [3.8, 4) is 6.07 Å². The normalized spacial score (nSPS) is 15.7. The summed E-state index contributed by atoms with van der Waals surface area (Å²) in [6, 6.07) is 15.8. The van der Waals surface area contributed by atoms with Gasteiger partial charge in [-0.1, -0.05) is 30.3 Å². The lowest BCUT2D eigenvalue weighted by Gasteiger charge is -2.26. The largest absolute Gasteiger partial charge is 0.383 e. The Labute approximate surface area is 133 Å². The molecule has 0 spiro atoms. The molecule has 1 atom stereocenters. The van der Waals surface area contributed by atoms with Gasteiger partial charge in [-0.05, 0) is 30.2 Å². The molecule has 2 aromatic rings. The van der Waals surface area contributed by atoms with Crippen LogP contribution in [0.5, 0.6) is 0 Å². The van der Waals surface area contributed by atoms with Gasteiger partial charge < -0.3 is 10.6 Å². The monoisotopic (exact) mass is 305 g/mol. The van der Waals surface area contributed by atoms with E-state index in [1.165, 1.54) is 0 Å². The first-order valence-corrected chi connectivity index (χ1v) is 7.34. The van der Waals surface area contributed by atoms with Crippen molar-refractivity contribution >= 4 is 17.4 Å². The predicted molar refractivity (Wildman–Crippen MR) is 86.1 cm³/mol. The molecule has 5 heteroatoms. The van der Waals surface area contributed by atoms with E-state index in [0.717, 1.165) is 11.3 Å². The van der Waals surface area contributed by atoms with Gasteiger partial charge in [-0.25, -0.2) is 0 Å². The zero-order chi connectivity index (χ0) is 16.2. The van der Waals surface area contributed by atoms with Crippen molar-refractivity contribution in [3.05, 3.63) is 65.2 Å². The summed E-state index contributed by atoms with van der Waals surface area (Å²) in [5, 5.41) is 14.9. The highest BCUT2D eigenvalue weighted by molar-refractivity contribution is 6.42. The fraction of sp³-hybridized carbons (Fsp3) is 0.167. The van der Waals surface area contributed by atoms with E-state index in [1.807, 2.05) is 6.07 Å². The Morgan fingerprint density at radius 2 is 1.96 bits per heavy atom. The van der Waals surface area contributed by atoms with Gasteiger partial charge in [0.15, 0.2) is 0 Å². The molecule has 23 heavy (non-hydrogen) atoms. The molecule has 1 heterocycles. The summed E-state index contributed by atoms with van der Waals surface area (Å²) < 4.78 is 0. The van der Waals surface area contributed by atoms with Crippen molar-refractivity contribution in [2.24, 2.45) is 0 Å². The SMILES string of the molecule is N#Cc1ccc2c(c1)C[C@H](NC(=O)C(=O)c1ccccc1)CN2. The minimum Gasteiger partial charge on any atom is -0.383 e. The maximum Gasteiger partial charge on any atom is 0.292 e. The van der Waals surface area contributed by atoms with Gasteiger partial charge in [0, 0.05) is 17.8 Å². The number of benzene rings is 2. The summed E-state index contributed by atoms with van der Waals surface area (Å²) in [6.07, 6.45) is 0.589. The average Bonchev–Trinajstić information content (AvgIpc) is 2.61. The number of nitrogens with one attached hydrogen (secondary N) is 2. The summed E-state index contributed by atoms with van der Waals surface area (Å²) >= 11 is 0. The highest BCUT2D eigenvalue weighted by atomic mass is 16.2. The Kier molecular flexibility index (Phi) is 4.07. The van der Waals surface area contributed by atoms with Crippen LogP contribution in [0.15, 0.2) is 48.5 Å². The Balaban J connectivity index is 1.68. The summed E-state index contributed by atoms with van der Waals surface area (Å²) in [5.41, 5.74) is 2.88. The number of nitriles is 1. The first-order chi connectivity index (χ1) is 11.2. The van der Waals surface area contributed by atoms with Gasteiger partial charge in [0.05, 0.1) is 17.7 Å². The van der Waals surface area contributed by atoms with Crippen molar-refractivity contribution in [3.63, 3.8) is 0 Å². The molecule has 0 unspecified atom stereocenters. The molecule has 0 aromatic heterocycles. The molecule has 2 aromatic carbocycles. The predicted octanol–water partition coefficient (Wildman–Crippen LogP) is 1.89. The van der Waals surface area contributed by atoms with Gasteiger partial charge in [-0.15, -0.1) is 0 Å². The topological polar surface area (TPSA) is 82.0 Å². The Hall–Kier alpha value is -3.13. The molecule has 0 saturated carbocycles. The molecule has 2 N–H and O–H groups in total. The summed E-state index contributed by atoms with van der Waals surface area (Å²) in [6.45, 7) is 0.548. The smallest absolute Gasteiger partial charge is 0.292 e. The van der Waals surface area contributed by atoms with Crippen LogP contribution >= 0.6 is 0 Å². The van der Waals surface area contributed by atoms with E-state index >= 15 is 0 Å². The summed E-state index contributed by atoms with van der Waals surface area (Å²) in [5.74, 6) is -1.15. The number of hydrogen-bond acceptors (Lipinski definition) is 4. The van der Waals surface area contributed by atoms with Crippen molar-refractivity contribution < 1.29 is 9.59 Å². The van der Waals surface area contributed by atoms with Crippen LogP contribution in [0.4, 0.5) is 5.69 Å². The lowest BCUT2D eigenvalue weighted by molar-refractivity contribution is -0.117. The number of rotatable bonds is 3. The van der Waals surface area contributed by atoms with Crippen LogP contribution in [-0.4, -0.2) is 24.3 Å². The molecule has 0 fully saturated rings. The molecule has 0 bridgehead atoms. The highest BCUT2D eigenvalue weighted by Gasteiger charge is 2.23. The van der Waals surface area contributed by atoms with Gasteiger partial charge in [-0.3, -0.25) is 9.59 Å². The lowest BCUT2D eigenvalue weighted by atomic mass is 9.97. The molecule has 3 rings (SSSR count). The number of amides is 1. The van der Waals surface area contributed by atoms with Crippen molar-refractivity contribution in [2.45, 2.75) is 12.5 Å². The van der Waals surface area contributed by atoms with Crippen molar-refractivity contribution in [2.75, 3.05) is 11.9 Å². The van der Waals surface area contributed by atoms with Gasteiger partial charge in [-0.2, -0.15) is 5.26 Å². The quantitative estimate of drug-likeness (QED) is 0.670. The molecule has 1 aliphatic heterocycles. The number of anilines is 1. The number of fused-ring (bicyclic) bond motifs is 1. The van der Waals surface area contributed by atoms with Crippen LogP contribution in [0.3, 0.4) is 0 Å². The number of Topliss-reactive ketones (excluding diaryl/α,β-unsaturated/α-hetero) is 1. The van der Waals surface area contributed by atoms with Crippen molar-refractivity contribution in [1.82, 2.24) is 5.32 Å². The van der Waals surface area contributed by atoms with Gasteiger partial charge >= 0.3 is 0 Å². The average molecular weight is 305 g/mol. The Morgan fingerprint density at radius 3 is 2.70 bits per heavy atom. The van der Waals surface area contributed by atoms with E-state index < -0.39 is 11.7 Å². The number of nitrogens with zero attached hydrogens (tertiary/aromatic N) is 1. The van der Waals surface area contributed by atoms with Crippen LogP contribution in [0, 0.1) is 11.3 Å². The zero-order valence-corrected chi connectivity index (χ0v) is 12.4. The van der Waals surface area contributed by atoms with Crippen LogP contribution in [0.2, 0.25) is 0 Å². The molecule has 5 nitrogen and oxygen atoms in total. The molecule has 1 aliphatic rings. The standard InChI is InChI=1S/C18H15N3O2/c19-10-12-6-7-16-14(8-12)9-15(11-20-16)21-18(23)17(22)13-4-2-1-3-5-13/h1-8,15,20H,9,11H2,(H,21,23)/t15-/m0/s1. The van der Waals surface area contributed by atoms with Crippen LogP contribution in [0.1, 0.15) is 21.5 Å². The lowest BCUT2D eigenvalue weighted by Crippen LogP contribution is -2.46. The minimum atomic E-state index is -0.608. The third-order valence-corrected chi connectivity index (χ3v) is 3.82. The first kappa shape index (κ1) is 14.8. The number of carbonyl (C=O) groups is 2. The van der Waals surface area contributed by atoms with E-state index in [4.69, 9.17) is 5.26 Å². The Bertz CT molecular complexity index is 794. The second-order valence-corrected chi connectivity index (χ2v) is 5.43. The fourth-order valence-corrected chi connectivity index (χ4v) is 2.65. The number of ketones is 1. The van der Waals surface area contributed by atoms with Gasteiger partial charge in [0.1, 0.15) is 0 Å². The first-order valence-electron chi connectivity index (χ1n) is 7.34. The van der Waals surface area contributed by atoms with Crippen LogP contribution in [0.25, 0.3) is 0 Å². The zero-order valence-electron chi connectivity index (χ0n) is 12.4. The van der Waals surface area contributed by atoms with Crippen LogP contribution in [-0.2, 0) is 11.2 Å². The summed E-state index contributed by atoms with van der Waals surface area (Å²) in [7, 11) is 0. The molecule has 0 saturated heterocycles. The van der Waals surface area contributed by atoms with E-state index in [2.05, 4.69) is 16.7 Å². The van der Waals surface area contributed by atoms with Gasteiger partial charge in [0.25, 0.3) is 5.91 Å². The number of carbonyl (C=O) groups excluding carboxylic acids is 2. The van der Waals surface area contributed by atoms with Crippen LogP contribution < -0.4 is 10.6 Å². The van der Waals surface area contributed by atoms with Crippen molar-refractivity contribution in [1.29, 1.82) is 5.26 Å². The van der Waals surface area contributed by atoms with Gasteiger partial charge in [0.2, 0.25) is 5.78 Å². The Morgan fingerprint density at radius 1 is 1.17 bits per heavy atom. The molecule has 0 aliphatic carbocycles. The van der Waals surface area contributed by atoms with E-state index in [0.29, 0.717) is 24.1 Å². The summed E-state index contributed by atoms with van der Waals surface area (Å²) in [4.78, 5) is 24.2. The minimum absolute atomic E-state index is 0.184. The molecular weight excluding hydrogens is 290 g/mol. The maximum absolute atomic E-state index is 12.1. The molecular formula is C18H15N3O2. The third kappa shape index (κ3) is 3.22. The highest BCUT2D eigenvalue weighted by Crippen LogP contribution is 2.23. The molecule has 0 radical (unpaired) electrons. The fourth-order valence-electron chi connectivity index (χ4n) is 2.65. The third-order valence-electron chi connectivity index (χ3n) is 3.82. The molecule has 1 amide bonds.